The lowest BCUT2D eigenvalue weighted by Gasteiger charge is -2.03. The number of benzene rings is 1. The monoisotopic (exact) mass is 275 g/mol. The molecule has 0 saturated carbocycles. The summed E-state index contributed by atoms with van der Waals surface area (Å²) in [6.45, 7) is 4.22. The molecule has 0 aliphatic heterocycles. The highest BCUT2D eigenvalue weighted by Crippen LogP contribution is 2.28. The Hall–Kier alpha value is -1.33. The maximum atomic E-state index is 4.66. The van der Waals surface area contributed by atoms with Gasteiger partial charge in [0.15, 0.2) is 4.34 Å². The molecule has 2 aromatic heterocycles. The lowest BCUT2D eigenvalue weighted by Crippen LogP contribution is -1.85. The van der Waals surface area contributed by atoms with E-state index >= 15 is 0 Å². The van der Waals surface area contributed by atoms with Gasteiger partial charge in [-0.05, 0) is 31.7 Å². The summed E-state index contributed by atoms with van der Waals surface area (Å²) in [6.07, 6.45) is 4.04. The number of aryl methyl sites for hydroxylation is 2. The molecule has 3 aromatic rings. The minimum absolute atomic E-state index is 0.954. The van der Waals surface area contributed by atoms with E-state index in [1.807, 2.05) is 17.0 Å². The van der Waals surface area contributed by atoms with Crippen molar-refractivity contribution in [2.24, 2.45) is 0 Å². The van der Waals surface area contributed by atoms with Gasteiger partial charge in [-0.3, -0.25) is 0 Å². The molecule has 2 heterocycles. The molecule has 0 spiro atoms. The molecule has 0 atom stereocenters. The Bertz CT molecular complexity index is 681. The summed E-state index contributed by atoms with van der Waals surface area (Å²) < 4.78 is 2.91. The summed E-state index contributed by atoms with van der Waals surface area (Å²) in [5.41, 5.74) is 4.70. The van der Waals surface area contributed by atoms with Crippen LogP contribution in [0.5, 0.6) is 0 Å². The zero-order chi connectivity index (χ0) is 12.7. The Labute approximate surface area is 114 Å². The van der Waals surface area contributed by atoms with Gasteiger partial charge in [-0.25, -0.2) is 9.50 Å². The summed E-state index contributed by atoms with van der Waals surface area (Å²) in [6, 6.07) is 6.44. The van der Waals surface area contributed by atoms with Crippen molar-refractivity contribution < 1.29 is 0 Å². The third kappa shape index (κ3) is 1.93. The fourth-order valence-electron chi connectivity index (χ4n) is 1.91. The average Bonchev–Trinajstić information content (AvgIpc) is 2.89. The van der Waals surface area contributed by atoms with Crippen molar-refractivity contribution in [3.63, 3.8) is 0 Å². The Morgan fingerprint density at radius 2 is 2.11 bits per heavy atom. The molecule has 0 unspecified atom stereocenters. The normalized spacial score (nSPS) is 11.3. The fraction of sp³-hybridized carbons (Fsp3) is 0.231. The van der Waals surface area contributed by atoms with Crippen molar-refractivity contribution in [3.8, 4) is 11.3 Å². The number of rotatable bonds is 2. The molecule has 0 N–H and O–H groups in total. The maximum absolute atomic E-state index is 4.66. The molecule has 0 saturated heterocycles. The number of fused-ring (bicyclic) bond motifs is 1. The zero-order valence-electron chi connectivity index (χ0n) is 10.5. The highest BCUT2D eigenvalue weighted by atomic mass is 32.2. The van der Waals surface area contributed by atoms with Gasteiger partial charge in [-0.15, -0.1) is 5.10 Å². The fourth-order valence-corrected chi connectivity index (χ4v) is 3.25. The van der Waals surface area contributed by atoms with Crippen molar-refractivity contribution >= 4 is 28.1 Å². The molecule has 0 fully saturated rings. The van der Waals surface area contributed by atoms with Gasteiger partial charge in [0.2, 0.25) is 4.96 Å². The smallest absolute Gasteiger partial charge is 0.213 e. The summed E-state index contributed by atoms with van der Waals surface area (Å²) in [7, 11) is 0. The first-order chi connectivity index (χ1) is 8.67. The van der Waals surface area contributed by atoms with E-state index < -0.39 is 0 Å². The van der Waals surface area contributed by atoms with Crippen LogP contribution in [0.4, 0.5) is 0 Å². The molecule has 0 aliphatic rings. The largest absolute Gasteiger partial charge is 0.217 e. The van der Waals surface area contributed by atoms with Crippen LogP contribution in [0.3, 0.4) is 0 Å². The second-order valence-corrected chi connectivity index (χ2v) is 6.25. The summed E-state index contributed by atoms with van der Waals surface area (Å²) in [5, 5.41) is 4.47. The van der Waals surface area contributed by atoms with Gasteiger partial charge in [0.1, 0.15) is 0 Å². The topological polar surface area (TPSA) is 30.2 Å². The number of imidazole rings is 1. The lowest BCUT2D eigenvalue weighted by molar-refractivity contribution is 0.916. The summed E-state index contributed by atoms with van der Waals surface area (Å²) in [5.74, 6) is 0. The lowest BCUT2D eigenvalue weighted by atomic mass is 10.0. The van der Waals surface area contributed by atoms with E-state index in [4.69, 9.17) is 0 Å². The number of nitrogens with zero attached hydrogens (tertiary/aromatic N) is 3. The molecule has 92 valence electrons. The second kappa shape index (κ2) is 4.40. The van der Waals surface area contributed by atoms with E-state index in [2.05, 4.69) is 42.1 Å². The molecule has 0 amide bonds. The van der Waals surface area contributed by atoms with Crippen LogP contribution in [0, 0.1) is 13.8 Å². The van der Waals surface area contributed by atoms with Gasteiger partial charge in [0.05, 0.1) is 11.9 Å². The first kappa shape index (κ1) is 11.7. The van der Waals surface area contributed by atoms with Crippen molar-refractivity contribution in [2.75, 3.05) is 6.26 Å². The van der Waals surface area contributed by atoms with E-state index in [0.717, 1.165) is 15.0 Å². The molecule has 18 heavy (non-hydrogen) atoms. The van der Waals surface area contributed by atoms with E-state index in [0.29, 0.717) is 0 Å². The van der Waals surface area contributed by atoms with Crippen molar-refractivity contribution in [1.29, 1.82) is 0 Å². The summed E-state index contributed by atoms with van der Waals surface area (Å²) >= 11 is 3.28. The molecule has 5 heteroatoms. The Morgan fingerprint density at radius 3 is 2.83 bits per heavy atom. The van der Waals surface area contributed by atoms with Gasteiger partial charge in [0, 0.05) is 5.56 Å². The van der Waals surface area contributed by atoms with Crippen molar-refractivity contribution in [2.45, 2.75) is 18.2 Å². The molecular weight excluding hydrogens is 262 g/mol. The van der Waals surface area contributed by atoms with Gasteiger partial charge in [-0.1, -0.05) is 40.8 Å². The van der Waals surface area contributed by atoms with E-state index in [1.165, 1.54) is 16.7 Å². The Morgan fingerprint density at radius 1 is 1.28 bits per heavy atom. The molecule has 3 rings (SSSR count). The van der Waals surface area contributed by atoms with Crippen molar-refractivity contribution in [1.82, 2.24) is 14.6 Å². The molecule has 3 nitrogen and oxygen atoms in total. The van der Waals surface area contributed by atoms with Crippen molar-refractivity contribution in [3.05, 3.63) is 35.5 Å². The summed E-state index contributed by atoms with van der Waals surface area (Å²) in [4.78, 5) is 5.61. The highest BCUT2D eigenvalue weighted by molar-refractivity contribution is 8.00. The minimum atomic E-state index is 0.954. The zero-order valence-corrected chi connectivity index (χ0v) is 12.1. The van der Waals surface area contributed by atoms with Gasteiger partial charge in [0.25, 0.3) is 0 Å². The number of hydrogen-bond donors (Lipinski definition) is 0. The van der Waals surface area contributed by atoms with Crippen LogP contribution in [0.15, 0.2) is 28.7 Å². The van der Waals surface area contributed by atoms with Crippen LogP contribution in [0.2, 0.25) is 0 Å². The predicted molar refractivity (Wildman–Crippen MR) is 77.6 cm³/mol. The molecule has 1 aromatic carbocycles. The maximum Gasteiger partial charge on any atom is 0.213 e. The quantitative estimate of drug-likeness (QED) is 0.666. The molecule has 0 radical (unpaired) electrons. The van der Waals surface area contributed by atoms with E-state index in [1.54, 1.807) is 23.1 Å². The molecular formula is C13H13N3S2. The van der Waals surface area contributed by atoms with Crippen LogP contribution < -0.4 is 0 Å². The van der Waals surface area contributed by atoms with Crippen LogP contribution in [-0.4, -0.2) is 20.9 Å². The van der Waals surface area contributed by atoms with E-state index in [9.17, 15) is 0 Å². The second-order valence-electron chi connectivity index (χ2n) is 4.24. The molecule has 0 bridgehead atoms. The average molecular weight is 275 g/mol. The van der Waals surface area contributed by atoms with E-state index in [-0.39, 0.29) is 0 Å². The Balaban J connectivity index is 2.13. The van der Waals surface area contributed by atoms with Crippen LogP contribution in [-0.2, 0) is 0 Å². The molecule has 0 aliphatic carbocycles. The first-order valence-electron chi connectivity index (χ1n) is 5.65. The van der Waals surface area contributed by atoms with Crippen LogP contribution in [0.25, 0.3) is 16.2 Å². The first-order valence-corrected chi connectivity index (χ1v) is 7.69. The standard InChI is InChI=1S/C13H13N3S2/c1-8-4-5-9(2)10(6-8)11-7-16-12(14-11)18-13(15-16)17-3/h4-7H,1-3H3. The number of hydrogen-bond acceptors (Lipinski definition) is 4. The Kier molecular flexibility index (Phi) is 2.87. The highest BCUT2D eigenvalue weighted by Gasteiger charge is 2.10. The van der Waals surface area contributed by atoms with Gasteiger partial charge in [-0.2, -0.15) is 0 Å². The number of aromatic nitrogens is 3. The minimum Gasteiger partial charge on any atom is -0.217 e. The van der Waals surface area contributed by atoms with Crippen LogP contribution >= 0.6 is 23.1 Å². The van der Waals surface area contributed by atoms with Crippen LogP contribution in [0.1, 0.15) is 11.1 Å². The third-order valence-corrected chi connectivity index (χ3v) is 4.77. The third-order valence-electron chi connectivity index (χ3n) is 2.87. The predicted octanol–water partition coefficient (Wildman–Crippen LogP) is 3.80. The SMILES string of the molecule is CSc1nn2cc(-c3cc(C)ccc3C)nc2s1. The van der Waals surface area contributed by atoms with Gasteiger partial charge < -0.3 is 0 Å². The van der Waals surface area contributed by atoms with Gasteiger partial charge >= 0.3 is 0 Å². The number of thioether (sulfide) groups is 1.